The summed E-state index contributed by atoms with van der Waals surface area (Å²) in [5.74, 6) is -5.24. The Morgan fingerprint density at radius 3 is 2.40 bits per heavy atom. The SMILES string of the molecule is NC(c1ccc2c(c1)CCC(=O)N2)C(F)(F)C(F)(F)F. The van der Waals surface area contributed by atoms with E-state index in [2.05, 4.69) is 5.32 Å². The average molecular weight is 294 g/mol. The number of halogens is 5. The number of anilines is 1. The Morgan fingerprint density at radius 1 is 1.15 bits per heavy atom. The van der Waals surface area contributed by atoms with Crippen LogP contribution in [0.1, 0.15) is 23.6 Å². The fourth-order valence-electron chi connectivity index (χ4n) is 1.98. The Kier molecular flexibility index (Phi) is 3.45. The first-order chi connectivity index (χ1) is 9.13. The van der Waals surface area contributed by atoms with E-state index in [0.717, 1.165) is 6.07 Å². The normalized spacial score (nSPS) is 17.4. The molecule has 3 N–H and O–H groups in total. The molecular weight excluding hydrogens is 283 g/mol. The molecule has 0 aliphatic carbocycles. The number of nitrogens with two attached hydrogens (primary N) is 1. The van der Waals surface area contributed by atoms with E-state index in [9.17, 15) is 26.7 Å². The minimum Gasteiger partial charge on any atom is -0.326 e. The largest absolute Gasteiger partial charge is 0.455 e. The molecule has 1 heterocycles. The Hall–Kier alpha value is -1.70. The number of nitrogens with one attached hydrogen (secondary N) is 1. The van der Waals surface area contributed by atoms with Crippen molar-refractivity contribution in [1.82, 2.24) is 0 Å². The number of hydrogen-bond acceptors (Lipinski definition) is 2. The van der Waals surface area contributed by atoms with E-state index < -0.39 is 18.1 Å². The van der Waals surface area contributed by atoms with Gasteiger partial charge in [0.05, 0.1) is 0 Å². The van der Waals surface area contributed by atoms with Gasteiger partial charge in [0, 0.05) is 12.1 Å². The number of aryl methyl sites for hydroxylation is 1. The van der Waals surface area contributed by atoms with Gasteiger partial charge in [-0.3, -0.25) is 4.79 Å². The summed E-state index contributed by atoms with van der Waals surface area (Å²) in [5.41, 5.74) is 5.65. The first-order valence-corrected chi connectivity index (χ1v) is 5.75. The van der Waals surface area contributed by atoms with Crippen LogP contribution in [0.5, 0.6) is 0 Å². The van der Waals surface area contributed by atoms with Gasteiger partial charge in [-0.1, -0.05) is 12.1 Å². The molecule has 0 saturated carbocycles. The zero-order valence-corrected chi connectivity index (χ0v) is 10.1. The van der Waals surface area contributed by atoms with Gasteiger partial charge in [-0.25, -0.2) is 0 Å². The quantitative estimate of drug-likeness (QED) is 0.824. The molecule has 1 aromatic carbocycles. The van der Waals surface area contributed by atoms with E-state index >= 15 is 0 Å². The lowest BCUT2D eigenvalue weighted by Crippen LogP contribution is -2.45. The minimum atomic E-state index is -5.71. The van der Waals surface area contributed by atoms with Crippen molar-refractivity contribution in [2.75, 3.05) is 5.32 Å². The van der Waals surface area contributed by atoms with Gasteiger partial charge in [0.15, 0.2) is 0 Å². The molecule has 20 heavy (non-hydrogen) atoms. The molecule has 1 amide bonds. The van der Waals surface area contributed by atoms with Crippen LogP contribution in [0.15, 0.2) is 18.2 Å². The second kappa shape index (κ2) is 4.69. The molecule has 1 aliphatic heterocycles. The van der Waals surface area contributed by atoms with Gasteiger partial charge in [0.1, 0.15) is 6.04 Å². The summed E-state index contributed by atoms with van der Waals surface area (Å²) in [6.45, 7) is 0. The minimum absolute atomic E-state index is 0.154. The van der Waals surface area contributed by atoms with Crippen molar-refractivity contribution in [3.63, 3.8) is 0 Å². The Balaban J connectivity index is 2.33. The predicted molar refractivity (Wildman–Crippen MR) is 61.3 cm³/mol. The first kappa shape index (κ1) is 14.7. The average Bonchev–Trinajstić information content (AvgIpc) is 2.35. The lowest BCUT2D eigenvalue weighted by molar-refractivity contribution is -0.291. The van der Waals surface area contributed by atoms with Crippen LogP contribution in [0.3, 0.4) is 0 Å². The van der Waals surface area contributed by atoms with Crippen molar-refractivity contribution < 1.29 is 26.7 Å². The molecule has 8 heteroatoms. The highest BCUT2D eigenvalue weighted by Gasteiger charge is 2.61. The number of amides is 1. The van der Waals surface area contributed by atoms with Crippen LogP contribution in [-0.2, 0) is 11.2 Å². The van der Waals surface area contributed by atoms with E-state index in [1.165, 1.54) is 12.1 Å². The van der Waals surface area contributed by atoms with Crippen LogP contribution < -0.4 is 11.1 Å². The molecule has 2 rings (SSSR count). The van der Waals surface area contributed by atoms with E-state index in [1.807, 2.05) is 0 Å². The summed E-state index contributed by atoms with van der Waals surface area (Å²) >= 11 is 0. The van der Waals surface area contributed by atoms with Gasteiger partial charge in [-0.05, 0) is 23.6 Å². The molecule has 1 aromatic rings. The topological polar surface area (TPSA) is 55.1 Å². The van der Waals surface area contributed by atoms with Crippen LogP contribution >= 0.6 is 0 Å². The molecule has 0 radical (unpaired) electrons. The molecule has 0 saturated heterocycles. The molecular formula is C12H11F5N2O. The Morgan fingerprint density at radius 2 is 1.80 bits per heavy atom. The van der Waals surface area contributed by atoms with E-state index in [-0.39, 0.29) is 24.3 Å². The van der Waals surface area contributed by atoms with Gasteiger partial charge < -0.3 is 11.1 Å². The zero-order valence-electron chi connectivity index (χ0n) is 10.1. The number of carbonyl (C=O) groups is 1. The number of hydrogen-bond donors (Lipinski definition) is 2. The second-order valence-corrected chi connectivity index (χ2v) is 4.56. The van der Waals surface area contributed by atoms with Crippen molar-refractivity contribution in [3.8, 4) is 0 Å². The van der Waals surface area contributed by atoms with Crippen LogP contribution in [0.25, 0.3) is 0 Å². The number of alkyl halides is 5. The fraction of sp³-hybridized carbons (Fsp3) is 0.417. The first-order valence-electron chi connectivity index (χ1n) is 5.75. The van der Waals surface area contributed by atoms with Gasteiger partial charge in [-0.2, -0.15) is 22.0 Å². The van der Waals surface area contributed by atoms with Crippen molar-refractivity contribution in [2.24, 2.45) is 5.73 Å². The highest BCUT2D eigenvalue weighted by atomic mass is 19.4. The van der Waals surface area contributed by atoms with Crippen molar-refractivity contribution in [1.29, 1.82) is 0 Å². The lowest BCUT2D eigenvalue weighted by atomic mass is 9.95. The maximum absolute atomic E-state index is 13.2. The van der Waals surface area contributed by atoms with Crippen LogP contribution in [0, 0.1) is 0 Å². The summed E-state index contributed by atoms with van der Waals surface area (Å²) < 4.78 is 63.2. The lowest BCUT2D eigenvalue weighted by Gasteiger charge is -2.27. The third-order valence-corrected chi connectivity index (χ3v) is 3.15. The third-order valence-electron chi connectivity index (χ3n) is 3.15. The van der Waals surface area contributed by atoms with Crippen molar-refractivity contribution >= 4 is 11.6 Å². The highest BCUT2D eigenvalue weighted by molar-refractivity contribution is 5.93. The number of benzene rings is 1. The number of rotatable bonds is 2. The number of carbonyl (C=O) groups excluding carboxylic acids is 1. The second-order valence-electron chi connectivity index (χ2n) is 4.56. The molecule has 0 aromatic heterocycles. The molecule has 1 atom stereocenters. The maximum Gasteiger partial charge on any atom is 0.455 e. The monoisotopic (exact) mass is 294 g/mol. The van der Waals surface area contributed by atoms with Crippen LogP contribution in [0.4, 0.5) is 27.6 Å². The summed E-state index contributed by atoms with van der Waals surface area (Å²) in [4.78, 5) is 11.1. The summed E-state index contributed by atoms with van der Waals surface area (Å²) in [5, 5.41) is 2.51. The summed E-state index contributed by atoms with van der Waals surface area (Å²) in [7, 11) is 0. The summed E-state index contributed by atoms with van der Waals surface area (Å²) in [6.07, 6.45) is -5.28. The van der Waals surface area contributed by atoms with Crippen molar-refractivity contribution in [3.05, 3.63) is 29.3 Å². The molecule has 1 aliphatic rings. The standard InChI is InChI=1S/C12H11F5N2O/c13-11(14,12(15,16)17)10(18)7-1-3-8-6(5-7)2-4-9(20)19-8/h1,3,5,10H,2,4,18H2,(H,19,20). The van der Waals surface area contributed by atoms with E-state index in [0.29, 0.717) is 11.3 Å². The molecule has 110 valence electrons. The molecule has 0 bridgehead atoms. The molecule has 1 unspecified atom stereocenters. The third kappa shape index (κ3) is 2.47. The molecule has 0 spiro atoms. The predicted octanol–water partition coefficient (Wildman–Crippen LogP) is 2.77. The zero-order chi connectivity index (χ0) is 15.1. The summed E-state index contributed by atoms with van der Waals surface area (Å²) in [6, 6.07) is 1.05. The van der Waals surface area contributed by atoms with Gasteiger partial charge >= 0.3 is 12.1 Å². The smallest absolute Gasteiger partial charge is 0.326 e. The van der Waals surface area contributed by atoms with E-state index in [4.69, 9.17) is 5.73 Å². The molecule has 0 fully saturated rings. The number of fused-ring (bicyclic) bond motifs is 1. The fourth-order valence-corrected chi connectivity index (χ4v) is 1.98. The van der Waals surface area contributed by atoms with Gasteiger partial charge in [0.25, 0.3) is 0 Å². The Labute approximate surface area is 110 Å². The van der Waals surface area contributed by atoms with Gasteiger partial charge in [-0.15, -0.1) is 0 Å². The van der Waals surface area contributed by atoms with Crippen LogP contribution in [0.2, 0.25) is 0 Å². The molecule has 3 nitrogen and oxygen atoms in total. The Bertz CT molecular complexity index is 541. The maximum atomic E-state index is 13.2. The van der Waals surface area contributed by atoms with E-state index in [1.54, 1.807) is 0 Å². The van der Waals surface area contributed by atoms with Gasteiger partial charge in [0.2, 0.25) is 5.91 Å². The van der Waals surface area contributed by atoms with Crippen molar-refractivity contribution in [2.45, 2.75) is 31.0 Å². The van der Waals surface area contributed by atoms with Crippen LogP contribution in [-0.4, -0.2) is 18.0 Å². The highest BCUT2D eigenvalue weighted by Crippen LogP contribution is 2.43.